The molecule has 1 N–H and O–H groups in total. The Bertz CT molecular complexity index is 443. The molecule has 0 radical (unpaired) electrons. The SMILES string of the molecule is CCCCCCCCC(CCCCCC)COC(=O)CCCCCN(CCCCO)CCCCCC. The van der Waals surface area contributed by atoms with Crippen molar-refractivity contribution >= 4 is 5.97 Å². The van der Waals surface area contributed by atoms with Gasteiger partial charge in [-0.25, -0.2) is 0 Å². The molecule has 1 unspecified atom stereocenters. The number of nitrogens with zero attached hydrogens (tertiary/aromatic N) is 1. The standard InChI is InChI=1S/C32H65NO3/c1-4-7-10-13-14-17-24-31(23-16-11-8-5-2)30-36-32(35)25-18-15-20-27-33(28-21-22-29-34)26-19-12-9-6-3/h31,34H,4-30H2,1-3H3. The van der Waals surface area contributed by atoms with Gasteiger partial charge >= 0.3 is 5.97 Å². The summed E-state index contributed by atoms with van der Waals surface area (Å²) in [5, 5.41) is 9.09. The number of unbranched alkanes of at least 4 members (excludes halogenated alkanes) is 14. The van der Waals surface area contributed by atoms with Gasteiger partial charge in [0.2, 0.25) is 0 Å². The molecule has 0 amide bonds. The number of ether oxygens (including phenoxy) is 1. The lowest BCUT2D eigenvalue weighted by molar-refractivity contribution is -0.145. The highest BCUT2D eigenvalue weighted by molar-refractivity contribution is 5.69. The van der Waals surface area contributed by atoms with E-state index in [-0.39, 0.29) is 5.97 Å². The van der Waals surface area contributed by atoms with Crippen LogP contribution in [0.1, 0.15) is 162 Å². The molecule has 36 heavy (non-hydrogen) atoms. The summed E-state index contributed by atoms with van der Waals surface area (Å²) in [5.41, 5.74) is 0. The number of carbonyl (C=O) groups is 1. The number of hydrogen-bond donors (Lipinski definition) is 1. The lowest BCUT2D eigenvalue weighted by Gasteiger charge is -2.22. The van der Waals surface area contributed by atoms with E-state index in [1.54, 1.807) is 0 Å². The average Bonchev–Trinajstić information content (AvgIpc) is 2.88. The Morgan fingerprint density at radius 2 is 1.06 bits per heavy atom. The predicted octanol–water partition coefficient (Wildman–Crippen LogP) is 9.08. The molecule has 0 saturated carbocycles. The third-order valence-electron chi connectivity index (χ3n) is 7.48. The Balaban J connectivity index is 4.12. The summed E-state index contributed by atoms with van der Waals surface area (Å²) in [4.78, 5) is 15.0. The average molecular weight is 512 g/mol. The topological polar surface area (TPSA) is 49.8 Å². The van der Waals surface area contributed by atoms with Gasteiger partial charge in [-0.05, 0) is 70.5 Å². The maximum absolute atomic E-state index is 12.4. The van der Waals surface area contributed by atoms with E-state index in [9.17, 15) is 4.79 Å². The first-order valence-corrected chi connectivity index (χ1v) is 16.2. The number of carbonyl (C=O) groups excluding carboxylic acids is 1. The van der Waals surface area contributed by atoms with E-state index in [4.69, 9.17) is 9.84 Å². The highest BCUT2D eigenvalue weighted by Gasteiger charge is 2.12. The van der Waals surface area contributed by atoms with Gasteiger partial charge in [-0.1, -0.05) is 111 Å². The van der Waals surface area contributed by atoms with Crippen LogP contribution in [0, 0.1) is 5.92 Å². The lowest BCUT2D eigenvalue weighted by Crippen LogP contribution is -2.27. The molecule has 0 saturated heterocycles. The second-order valence-electron chi connectivity index (χ2n) is 11.1. The molecule has 4 heteroatoms. The van der Waals surface area contributed by atoms with Gasteiger partial charge in [-0.2, -0.15) is 0 Å². The van der Waals surface area contributed by atoms with E-state index in [1.165, 1.54) is 109 Å². The Hall–Kier alpha value is -0.610. The van der Waals surface area contributed by atoms with Crippen molar-refractivity contribution in [3.8, 4) is 0 Å². The van der Waals surface area contributed by atoms with E-state index in [0.29, 0.717) is 25.6 Å². The van der Waals surface area contributed by atoms with Crippen LogP contribution in [0.25, 0.3) is 0 Å². The summed E-state index contributed by atoms with van der Waals surface area (Å²) < 4.78 is 5.75. The van der Waals surface area contributed by atoms with Crippen molar-refractivity contribution in [1.29, 1.82) is 0 Å². The van der Waals surface area contributed by atoms with E-state index >= 15 is 0 Å². The second kappa shape index (κ2) is 29.0. The van der Waals surface area contributed by atoms with E-state index in [1.807, 2.05) is 0 Å². The number of aliphatic hydroxyl groups is 1. The van der Waals surface area contributed by atoms with Gasteiger partial charge in [0, 0.05) is 13.0 Å². The molecular weight excluding hydrogens is 446 g/mol. The second-order valence-corrected chi connectivity index (χ2v) is 11.1. The summed E-state index contributed by atoms with van der Waals surface area (Å²) in [5.74, 6) is 0.563. The van der Waals surface area contributed by atoms with E-state index in [2.05, 4.69) is 25.7 Å². The zero-order valence-corrected chi connectivity index (χ0v) is 24.9. The lowest BCUT2D eigenvalue weighted by atomic mass is 9.95. The van der Waals surface area contributed by atoms with Crippen LogP contribution in [0.4, 0.5) is 0 Å². The summed E-state index contributed by atoms with van der Waals surface area (Å²) in [6.45, 7) is 11.1. The smallest absolute Gasteiger partial charge is 0.305 e. The molecule has 4 nitrogen and oxygen atoms in total. The molecule has 0 aliphatic carbocycles. The number of aliphatic hydroxyl groups excluding tert-OH is 1. The van der Waals surface area contributed by atoms with Gasteiger partial charge in [0.25, 0.3) is 0 Å². The van der Waals surface area contributed by atoms with Gasteiger partial charge in [0.05, 0.1) is 6.61 Å². The van der Waals surface area contributed by atoms with Gasteiger partial charge in [0.15, 0.2) is 0 Å². The fourth-order valence-electron chi connectivity index (χ4n) is 4.99. The Morgan fingerprint density at radius 3 is 1.61 bits per heavy atom. The zero-order chi connectivity index (χ0) is 26.5. The highest BCUT2D eigenvalue weighted by atomic mass is 16.5. The molecule has 0 aromatic rings. The normalized spacial score (nSPS) is 12.4. The van der Waals surface area contributed by atoms with Gasteiger partial charge in [-0.3, -0.25) is 4.79 Å². The van der Waals surface area contributed by atoms with Gasteiger partial charge in [-0.15, -0.1) is 0 Å². The monoisotopic (exact) mass is 511 g/mol. The molecule has 0 bridgehead atoms. The Kier molecular flexibility index (Phi) is 28.5. The molecule has 0 fully saturated rings. The molecule has 0 rings (SSSR count). The van der Waals surface area contributed by atoms with Crippen LogP contribution in [0.5, 0.6) is 0 Å². The first-order chi connectivity index (χ1) is 17.7. The molecule has 0 aromatic carbocycles. The van der Waals surface area contributed by atoms with Crippen LogP contribution in [-0.4, -0.2) is 48.8 Å². The zero-order valence-electron chi connectivity index (χ0n) is 24.9. The first-order valence-electron chi connectivity index (χ1n) is 16.2. The van der Waals surface area contributed by atoms with Crippen molar-refractivity contribution in [2.24, 2.45) is 5.92 Å². The van der Waals surface area contributed by atoms with Crippen molar-refractivity contribution < 1.29 is 14.6 Å². The molecule has 0 heterocycles. The van der Waals surface area contributed by atoms with E-state index < -0.39 is 0 Å². The Labute approximate surface area is 226 Å². The van der Waals surface area contributed by atoms with Crippen LogP contribution in [0.3, 0.4) is 0 Å². The molecule has 0 spiro atoms. The minimum Gasteiger partial charge on any atom is -0.465 e. The summed E-state index contributed by atoms with van der Waals surface area (Å²) in [6, 6.07) is 0. The van der Waals surface area contributed by atoms with Crippen molar-refractivity contribution in [1.82, 2.24) is 4.90 Å². The Morgan fingerprint density at radius 1 is 0.611 bits per heavy atom. The number of rotatable bonds is 29. The molecule has 1 atom stereocenters. The molecule has 0 aromatic heterocycles. The first kappa shape index (κ1) is 35.4. The van der Waals surface area contributed by atoms with Crippen LogP contribution in [-0.2, 0) is 9.53 Å². The van der Waals surface area contributed by atoms with Crippen molar-refractivity contribution in [3.05, 3.63) is 0 Å². The number of esters is 1. The van der Waals surface area contributed by atoms with Gasteiger partial charge < -0.3 is 14.7 Å². The van der Waals surface area contributed by atoms with Crippen molar-refractivity contribution in [2.75, 3.05) is 32.8 Å². The van der Waals surface area contributed by atoms with Crippen LogP contribution in [0.2, 0.25) is 0 Å². The van der Waals surface area contributed by atoms with Crippen LogP contribution in [0.15, 0.2) is 0 Å². The fraction of sp³-hybridized carbons (Fsp3) is 0.969. The highest BCUT2D eigenvalue weighted by Crippen LogP contribution is 2.20. The molecule has 0 aliphatic heterocycles. The quantitative estimate of drug-likeness (QED) is 0.0803. The molecule has 216 valence electrons. The predicted molar refractivity (Wildman–Crippen MR) is 157 cm³/mol. The number of hydrogen-bond acceptors (Lipinski definition) is 4. The largest absolute Gasteiger partial charge is 0.465 e. The van der Waals surface area contributed by atoms with E-state index in [0.717, 1.165) is 45.2 Å². The van der Waals surface area contributed by atoms with Crippen LogP contribution >= 0.6 is 0 Å². The third-order valence-corrected chi connectivity index (χ3v) is 7.48. The fourth-order valence-corrected chi connectivity index (χ4v) is 4.99. The minimum absolute atomic E-state index is 0.0101. The molecular formula is C32H65NO3. The summed E-state index contributed by atoms with van der Waals surface area (Å²) >= 11 is 0. The van der Waals surface area contributed by atoms with Crippen LogP contribution < -0.4 is 0 Å². The summed E-state index contributed by atoms with van der Waals surface area (Å²) in [7, 11) is 0. The molecule has 0 aliphatic rings. The third kappa shape index (κ3) is 25.1. The maximum Gasteiger partial charge on any atom is 0.305 e. The maximum atomic E-state index is 12.4. The van der Waals surface area contributed by atoms with Crippen molar-refractivity contribution in [2.45, 2.75) is 162 Å². The summed E-state index contributed by atoms with van der Waals surface area (Å²) in [6.07, 6.45) is 26.5. The van der Waals surface area contributed by atoms with Crippen molar-refractivity contribution in [3.63, 3.8) is 0 Å². The van der Waals surface area contributed by atoms with Gasteiger partial charge in [0.1, 0.15) is 0 Å². The minimum atomic E-state index is 0.0101.